The number of nitrogens with one attached hydrogen (secondary N) is 2. The number of nitrogens with zero attached hydrogens (tertiary/aromatic N) is 1. The normalized spacial score (nSPS) is 10.1. The number of amides is 3. The number of hydrogen-bond donors (Lipinski definition) is 2. The van der Waals surface area contributed by atoms with Gasteiger partial charge in [-0.2, -0.15) is 0 Å². The van der Waals surface area contributed by atoms with Crippen LogP contribution in [-0.4, -0.2) is 36.7 Å². The summed E-state index contributed by atoms with van der Waals surface area (Å²) in [6.45, 7) is 1.43. The quantitative estimate of drug-likeness (QED) is 0.838. The summed E-state index contributed by atoms with van der Waals surface area (Å²) in [6.07, 6.45) is 0.902. The summed E-state index contributed by atoms with van der Waals surface area (Å²) in [5, 5.41) is 5.50. The Labute approximate surface area is 153 Å². The summed E-state index contributed by atoms with van der Waals surface area (Å²) in [6, 6.07) is 14.3. The van der Waals surface area contributed by atoms with Crippen LogP contribution in [0.25, 0.3) is 0 Å². The third kappa shape index (κ3) is 5.73. The Balaban J connectivity index is 1.89. The van der Waals surface area contributed by atoms with Gasteiger partial charge in [-0.25, -0.2) is 0 Å². The van der Waals surface area contributed by atoms with E-state index in [1.54, 1.807) is 50.5 Å². The molecule has 0 saturated heterocycles. The molecule has 2 aromatic rings. The fraction of sp³-hybridized carbons (Fsp3) is 0.250. The molecule has 136 valence electrons. The highest BCUT2D eigenvalue weighted by molar-refractivity contribution is 5.94. The Morgan fingerprint density at radius 3 is 2.12 bits per heavy atom. The maximum atomic E-state index is 12.1. The Hall–Kier alpha value is -3.15. The molecule has 0 radical (unpaired) electrons. The first kappa shape index (κ1) is 19.2. The Morgan fingerprint density at radius 2 is 1.54 bits per heavy atom. The Bertz CT molecular complexity index is 798. The van der Waals surface area contributed by atoms with Crippen molar-refractivity contribution in [1.29, 1.82) is 0 Å². The number of rotatable bonds is 6. The summed E-state index contributed by atoms with van der Waals surface area (Å²) in [4.78, 5) is 36.6. The molecule has 26 heavy (non-hydrogen) atoms. The Morgan fingerprint density at radius 1 is 0.923 bits per heavy atom. The predicted octanol–water partition coefficient (Wildman–Crippen LogP) is 2.92. The molecule has 0 bridgehead atoms. The lowest BCUT2D eigenvalue weighted by Crippen LogP contribution is -2.21. The number of anilines is 2. The maximum Gasteiger partial charge on any atom is 0.253 e. The lowest BCUT2D eigenvalue weighted by Gasteiger charge is -2.10. The van der Waals surface area contributed by atoms with Gasteiger partial charge in [0.25, 0.3) is 5.91 Å². The van der Waals surface area contributed by atoms with Gasteiger partial charge in [0.15, 0.2) is 0 Å². The van der Waals surface area contributed by atoms with Crippen molar-refractivity contribution in [2.75, 3.05) is 24.7 Å². The molecule has 6 heteroatoms. The average Bonchev–Trinajstić information content (AvgIpc) is 2.59. The van der Waals surface area contributed by atoms with Crippen molar-refractivity contribution in [3.05, 3.63) is 59.7 Å². The van der Waals surface area contributed by atoms with Gasteiger partial charge in [-0.15, -0.1) is 0 Å². The molecule has 0 unspecified atom stereocenters. The van der Waals surface area contributed by atoms with E-state index in [4.69, 9.17) is 0 Å². The monoisotopic (exact) mass is 353 g/mol. The van der Waals surface area contributed by atoms with Crippen molar-refractivity contribution in [3.63, 3.8) is 0 Å². The smallest absolute Gasteiger partial charge is 0.253 e. The third-order valence-electron chi connectivity index (χ3n) is 3.71. The minimum Gasteiger partial charge on any atom is -0.345 e. The molecule has 2 rings (SSSR count). The molecule has 0 aliphatic rings. The van der Waals surface area contributed by atoms with Gasteiger partial charge in [0, 0.05) is 44.4 Å². The lowest BCUT2D eigenvalue weighted by molar-refractivity contribution is -0.116. The second-order valence-corrected chi connectivity index (χ2v) is 6.21. The summed E-state index contributed by atoms with van der Waals surface area (Å²) in [5.41, 5.74) is 2.88. The van der Waals surface area contributed by atoms with Gasteiger partial charge in [0.2, 0.25) is 11.8 Å². The van der Waals surface area contributed by atoms with Crippen LogP contribution in [0.15, 0.2) is 48.5 Å². The standard InChI is InChI=1S/C20H23N3O3/c1-14(24)21-17-5-4-6-18(13-17)22-19(25)12-9-15-7-10-16(11-8-15)20(26)23(2)3/h4-8,10-11,13H,9,12H2,1-3H3,(H,21,24)(H,22,25). The summed E-state index contributed by atoms with van der Waals surface area (Å²) >= 11 is 0. The Kier molecular flexibility index (Phi) is 6.49. The molecule has 0 aliphatic heterocycles. The first-order valence-corrected chi connectivity index (χ1v) is 8.33. The van der Waals surface area contributed by atoms with Crippen molar-refractivity contribution >= 4 is 29.1 Å². The molecule has 0 spiro atoms. The second-order valence-electron chi connectivity index (χ2n) is 6.21. The van der Waals surface area contributed by atoms with Crippen molar-refractivity contribution in [3.8, 4) is 0 Å². The highest BCUT2D eigenvalue weighted by atomic mass is 16.2. The zero-order valence-electron chi connectivity index (χ0n) is 15.2. The first-order chi connectivity index (χ1) is 12.3. The number of carbonyl (C=O) groups is 3. The van der Waals surface area contributed by atoms with Crippen molar-refractivity contribution < 1.29 is 14.4 Å². The molecule has 0 atom stereocenters. The minimum absolute atomic E-state index is 0.0478. The molecule has 2 N–H and O–H groups in total. The molecule has 0 fully saturated rings. The van der Waals surface area contributed by atoms with Crippen molar-refractivity contribution in [1.82, 2.24) is 4.90 Å². The van der Waals surface area contributed by atoms with Crippen LogP contribution >= 0.6 is 0 Å². The van der Waals surface area contributed by atoms with Gasteiger partial charge in [-0.3, -0.25) is 14.4 Å². The fourth-order valence-corrected chi connectivity index (χ4v) is 2.43. The van der Waals surface area contributed by atoms with E-state index in [0.717, 1.165) is 5.56 Å². The van der Waals surface area contributed by atoms with Crippen LogP contribution in [0.3, 0.4) is 0 Å². The summed E-state index contributed by atoms with van der Waals surface area (Å²) in [5.74, 6) is -0.323. The highest BCUT2D eigenvalue weighted by Gasteiger charge is 2.08. The number of aryl methyl sites for hydroxylation is 1. The molecular formula is C20H23N3O3. The molecule has 2 aromatic carbocycles. The van der Waals surface area contributed by atoms with Crippen LogP contribution in [0.4, 0.5) is 11.4 Å². The summed E-state index contributed by atoms with van der Waals surface area (Å²) < 4.78 is 0. The topological polar surface area (TPSA) is 78.5 Å². The SMILES string of the molecule is CC(=O)Nc1cccc(NC(=O)CCc2ccc(C(=O)N(C)C)cc2)c1. The van der Waals surface area contributed by atoms with E-state index >= 15 is 0 Å². The van der Waals surface area contributed by atoms with Crippen LogP contribution in [0.2, 0.25) is 0 Å². The number of hydrogen-bond acceptors (Lipinski definition) is 3. The zero-order chi connectivity index (χ0) is 19.1. The lowest BCUT2D eigenvalue weighted by atomic mass is 10.1. The van der Waals surface area contributed by atoms with Gasteiger partial charge in [0.05, 0.1) is 0 Å². The van der Waals surface area contributed by atoms with Crippen LogP contribution in [0, 0.1) is 0 Å². The number of carbonyl (C=O) groups excluding carboxylic acids is 3. The van der Waals surface area contributed by atoms with E-state index in [-0.39, 0.29) is 17.7 Å². The number of benzene rings is 2. The van der Waals surface area contributed by atoms with Crippen LogP contribution in [0.1, 0.15) is 29.3 Å². The average molecular weight is 353 g/mol. The third-order valence-corrected chi connectivity index (χ3v) is 3.71. The van der Waals surface area contributed by atoms with E-state index < -0.39 is 0 Å². The predicted molar refractivity (Wildman–Crippen MR) is 102 cm³/mol. The van der Waals surface area contributed by atoms with Crippen LogP contribution in [-0.2, 0) is 16.0 Å². The largest absolute Gasteiger partial charge is 0.345 e. The maximum absolute atomic E-state index is 12.1. The first-order valence-electron chi connectivity index (χ1n) is 8.33. The van der Waals surface area contributed by atoms with Gasteiger partial charge < -0.3 is 15.5 Å². The van der Waals surface area contributed by atoms with Gasteiger partial charge in [-0.05, 0) is 42.3 Å². The van der Waals surface area contributed by atoms with Crippen LogP contribution in [0.5, 0.6) is 0 Å². The zero-order valence-corrected chi connectivity index (χ0v) is 15.2. The summed E-state index contributed by atoms with van der Waals surface area (Å²) in [7, 11) is 3.42. The fourth-order valence-electron chi connectivity index (χ4n) is 2.43. The van der Waals surface area contributed by atoms with Gasteiger partial charge in [0.1, 0.15) is 0 Å². The van der Waals surface area contributed by atoms with E-state index in [9.17, 15) is 14.4 Å². The molecule has 3 amide bonds. The van der Waals surface area contributed by atoms with Crippen molar-refractivity contribution in [2.24, 2.45) is 0 Å². The van der Waals surface area contributed by atoms with E-state index in [1.165, 1.54) is 11.8 Å². The molecule has 0 heterocycles. The second kappa shape index (κ2) is 8.80. The molecule has 0 aliphatic carbocycles. The molecule has 6 nitrogen and oxygen atoms in total. The van der Waals surface area contributed by atoms with Crippen molar-refractivity contribution in [2.45, 2.75) is 19.8 Å². The van der Waals surface area contributed by atoms with E-state index in [0.29, 0.717) is 29.8 Å². The van der Waals surface area contributed by atoms with Gasteiger partial charge >= 0.3 is 0 Å². The van der Waals surface area contributed by atoms with E-state index in [2.05, 4.69) is 10.6 Å². The van der Waals surface area contributed by atoms with Crippen LogP contribution < -0.4 is 10.6 Å². The molecular weight excluding hydrogens is 330 g/mol. The molecule has 0 aromatic heterocycles. The molecule has 0 saturated carbocycles. The van der Waals surface area contributed by atoms with E-state index in [1.807, 2.05) is 12.1 Å². The highest BCUT2D eigenvalue weighted by Crippen LogP contribution is 2.16. The minimum atomic E-state index is -0.162. The van der Waals surface area contributed by atoms with Gasteiger partial charge in [-0.1, -0.05) is 18.2 Å².